The molecule has 0 bridgehead atoms. The fourth-order valence-electron chi connectivity index (χ4n) is 4.02. The molecule has 2 heterocycles. The first kappa shape index (κ1) is 18.6. The van der Waals surface area contributed by atoms with Gasteiger partial charge in [-0.1, -0.05) is 65.9 Å². The Labute approximate surface area is 164 Å². The molecule has 1 amide bonds. The minimum absolute atomic E-state index is 0.273. The largest absolute Gasteiger partial charge is 0.448 e. The molecule has 0 unspecified atom stereocenters. The minimum Gasteiger partial charge on any atom is -0.448 e. The lowest BCUT2D eigenvalue weighted by atomic mass is 9.85. The van der Waals surface area contributed by atoms with Gasteiger partial charge in [0, 0.05) is 13.1 Å². The maximum absolute atomic E-state index is 12.9. The summed E-state index contributed by atoms with van der Waals surface area (Å²) in [6.45, 7) is 4.57. The topological polar surface area (TPSA) is 66.7 Å². The molecule has 7 heteroatoms. The summed E-state index contributed by atoms with van der Waals surface area (Å²) in [5.41, 5.74) is 1.04. The summed E-state index contributed by atoms with van der Waals surface area (Å²) in [5, 5.41) is 10.3. The first-order valence-electron chi connectivity index (χ1n) is 9.59. The van der Waals surface area contributed by atoms with E-state index in [1.165, 1.54) is 5.01 Å². The van der Waals surface area contributed by atoms with Crippen molar-refractivity contribution in [3.8, 4) is 0 Å². The van der Waals surface area contributed by atoms with Gasteiger partial charge in [-0.15, -0.1) is 0 Å². The molecule has 0 spiro atoms. The highest BCUT2D eigenvalue weighted by Crippen LogP contribution is 2.50. The first-order chi connectivity index (χ1) is 13.8. The first-order valence-corrected chi connectivity index (χ1v) is 9.59. The van der Waals surface area contributed by atoms with Gasteiger partial charge >= 0.3 is 6.09 Å². The molecule has 28 heavy (non-hydrogen) atoms. The quantitative estimate of drug-likeness (QED) is 0.810. The van der Waals surface area contributed by atoms with Crippen LogP contribution in [0.15, 0.2) is 71.0 Å². The van der Waals surface area contributed by atoms with Crippen LogP contribution in [0.5, 0.6) is 0 Å². The molecule has 2 aromatic rings. The van der Waals surface area contributed by atoms with Crippen LogP contribution in [0, 0.1) is 0 Å². The van der Waals surface area contributed by atoms with Gasteiger partial charge in [0.05, 0.1) is 19.8 Å². The van der Waals surface area contributed by atoms with E-state index < -0.39 is 11.8 Å². The summed E-state index contributed by atoms with van der Waals surface area (Å²) in [6.07, 6.45) is -0.500. The van der Waals surface area contributed by atoms with Crippen molar-refractivity contribution >= 4 is 6.09 Å². The zero-order valence-corrected chi connectivity index (χ0v) is 15.9. The average Bonchev–Trinajstić information content (AvgIpc) is 3.17. The van der Waals surface area contributed by atoms with Gasteiger partial charge < -0.3 is 9.47 Å². The Morgan fingerprint density at radius 2 is 1.75 bits per heavy atom. The SMILES string of the molecule is CCOC(=O)N1N=N[C@@H](c2ccccc2)[C@]1(c1ccccc1)N1CCOCC1. The van der Waals surface area contributed by atoms with Crippen LogP contribution in [-0.4, -0.2) is 48.9 Å². The highest BCUT2D eigenvalue weighted by Gasteiger charge is 2.58. The molecule has 7 nitrogen and oxygen atoms in total. The molecular weight excluding hydrogens is 356 g/mol. The number of ether oxygens (including phenoxy) is 2. The second kappa shape index (κ2) is 8.08. The highest BCUT2D eigenvalue weighted by atomic mass is 16.6. The number of rotatable bonds is 4. The van der Waals surface area contributed by atoms with Crippen LogP contribution in [0.4, 0.5) is 4.79 Å². The van der Waals surface area contributed by atoms with Crippen molar-refractivity contribution in [3.63, 3.8) is 0 Å². The van der Waals surface area contributed by atoms with Gasteiger partial charge in [0.2, 0.25) is 0 Å². The minimum atomic E-state index is -0.904. The molecule has 0 N–H and O–H groups in total. The predicted octanol–water partition coefficient (Wildman–Crippen LogP) is 3.75. The molecule has 2 atom stereocenters. The second-order valence-electron chi connectivity index (χ2n) is 6.72. The van der Waals surface area contributed by atoms with Gasteiger partial charge in [0.25, 0.3) is 0 Å². The predicted molar refractivity (Wildman–Crippen MR) is 103 cm³/mol. The summed E-state index contributed by atoms with van der Waals surface area (Å²) in [7, 11) is 0. The molecule has 1 saturated heterocycles. The van der Waals surface area contributed by atoms with Gasteiger partial charge in [-0.05, 0) is 18.1 Å². The van der Waals surface area contributed by atoms with Crippen LogP contribution in [0.1, 0.15) is 24.1 Å². The number of carbonyl (C=O) groups is 1. The van der Waals surface area contributed by atoms with Crippen LogP contribution in [0.2, 0.25) is 0 Å². The van der Waals surface area contributed by atoms with Crippen molar-refractivity contribution in [1.82, 2.24) is 9.91 Å². The molecule has 146 valence electrons. The Bertz CT molecular complexity index is 824. The Morgan fingerprint density at radius 1 is 1.11 bits per heavy atom. The standard InChI is InChI=1S/C21H24N4O3/c1-2-28-20(26)25-21(18-11-7-4-8-12-18,24-13-15-27-16-14-24)19(22-23-25)17-9-5-3-6-10-17/h3-12,19H,2,13-16H2,1H3/t19-,21+/m0/s1. The van der Waals surface area contributed by atoms with Crippen LogP contribution in [-0.2, 0) is 15.1 Å². The third-order valence-corrected chi connectivity index (χ3v) is 5.21. The maximum Gasteiger partial charge on any atom is 0.434 e. The molecule has 2 aromatic carbocycles. The van der Waals surface area contributed by atoms with Crippen molar-refractivity contribution in [2.24, 2.45) is 10.3 Å². The second-order valence-corrected chi connectivity index (χ2v) is 6.72. The lowest BCUT2D eigenvalue weighted by Gasteiger charge is -2.48. The van der Waals surface area contributed by atoms with E-state index in [0.29, 0.717) is 26.3 Å². The van der Waals surface area contributed by atoms with E-state index in [2.05, 4.69) is 15.2 Å². The van der Waals surface area contributed by atoms with Gasteiger partial charge in [-0.3, -0.25) is 4.90 Å². The zero-order chi connectivity index (χ0) is 19.4. The molecule has 2 aliphatic heterocycles. The third-order valence-electron chi connectivity index (χ3n) is 5.21. The van der Waals surface area contributed by atoms with Gasteiger partial charge in [0.15, 0.2) is 5.66 Å². The van der Waals surface area contributed by atoms with Crippen molar-refractivity contribution in [2.45, 2.75) is 18.6 Å². The number of nitrogens with zero attached hydrogens (tertiary/aromatic N) is 4. The van der Waals surface area contributed by atoms with Crippen molar-refractivity contribution in [1.29, 1.82) is 0 Å². The number of amides is 1. The van der Waals surface area contributed by atoms with Crippen LogP contribution in [0.25, 0.3) is 0 Å². The Balaban J connectivity index is 1.90. The fraction of sp³-hybridized carbons (Fsp3) is 0.381. The monoisotopic (exact) mass is 380 g/mol. The molecule has 0 aliphatic carbocycles. The fourth-order valence-corrected chi connectivity index (χ4v) is 4.02. The van der Waals surface area contributed by atoms with E-state index in [1.54, 1.807) is 6.92 Å². The molecule has 0 aromatic heterocycles. The number of hydrogen-bond donors (Lipinski definition) is 0. The smallest absolute Gasteiger partial charge is 0.434 e. The van der Waals surface area contributed by atoms with Crippen LogP contribution >= 0.6 is 0 Å². The van der Waals surface area contributed by atoms with Gasteiger partial charge in [-0.2, -0.15) is 10.1 Å². The summed E-state index contributed by atoms with van der Waals surface area (Å²) in [4.78, 5) is 15.2. The van der Waals surface area contributed by atoms with E-state index >= 15 is 0 Å². The lowest BCUT2D eigenvalue weighted by molar-refractivity contribution is -0.0965. The number of carbonyl (C=O) groups excluding carboxylic acids is 1. The van der Waals surface area contributed by atoms with E-state index in [1.807, 2.05) is 60.7 Å². The zero-order valence-electron chi connectivity index (χ0n) is 15.9. The van der Waals surface area contributed by atoms with E-state index in [-0.39, 0.29) is 12.6 Å². The Hall–Kier alpha value is -2.77. The number of morpholine rings is 1. The normalized spacial score (nSPS) is 25.0. The molecular formula is C21H24N4O3. The number of benzene rings is 2. The van der Waals surface area contributed by atoms with Crippen LogP contribution in [0.3, 0.4) is 0 Å². The van der Waals surface area contributed by atoms with E-state index in [9.17, 15) is 4.79 Å². The Kier molecular flexibility index (Phi) is 5.36. The van der Waals surface area contributed by atoms with Gasteiger partial charge in [-0.25, -0.2) is 4.79 Å². The Morgan fingerprint density at radius 3 is 2.39 bits per heavy atom. The summed E-state index contributed by atoms with van der Waals surface area (Å²) < 4.78 is 10.9. The highest BCUT2D eigenvalue weighted by molar-refractivity contribution is 5.69. The van der Waals surface area contributed by atoms with Gasteiger partial charge in [0.1, 0.15) is 6.04 Å². The summed E-state index contributed by atoms with van der Waals surface area (Å²) in [5.74, 6) is 0. The lowest BCUT2D eigenvalue weighted by Crippen LogP contribution is -2.61. The van der Waals surface area contributed by atoms with E-state index in [0.717, 1.165) is 11.1 Å². The third kappa shape index (κ3) is 3.06. The average molecular weight is 380 g/mol. The molecule has 1 fully saturated rings. The number of hydrogen-bond acceptors (Lipinski definition) is 6. The van der Waals surface area contributed by atoms with Crippen LogP contribution < -0.4 is 0 Å². The van der Waals surface area contributed by atoms with Crippen molar-refractivity contribution in [3.05, 3.63) is 71.8 Å². The molecule has 2 aliphatic rings. The van der Waals surface area contributed by atoms with E-state index in [4.69, 9.17) is 9.47 Å². The molecule has 0 saturated carbocycles. The summed E-state index contributed by atoms with van der Waals surface area (Å²) >= 11 is 0. The molecule has 0 radical (unpaired) electrons. The molecule has 4 rings (SSSR count). The van der Waals surface area contributed by atoms with Crippen molar-refractivity contribution in [2.75, 3.05) is 32.9 Å². The van der Waals surface area contributed by atoms with Crippen molar-refractivity contribution < 1.29 is 14.3 Å². The maximum atomic E-state index is 12.9. The summed E-state index contributed by atoms with van der Waals surface area (Å²) in [6, 6.07) is 19.6.